The number of H-pyrrole nitrogens is 1. The molecular weight excluding hydrogens is 402 g/mol. The molecule has 0 fully saturated rings. The van der Waals surface area contributed by atoms with E-state index in [9.17, 15) is 4.79 Å². The summed E-state index contributed by atoms with van der Waals surface area (Å²) in [5.74, 6) is 0.789. The Labute approximate surface area is 185 Å². The smallest absolute Gasteiger partial charge is 0.242 e. The van der Waals surface area contributed by atoms with E-state index < -0.39 is 0 Å². The summed E-state index contributed by atoms with van der Waals surface area (Å²) in [5, 5.41) is 2.05. The molecule has 0 aliphatic heterocycles. The van der Waals surface area contributed by atoms with Crippen molar-refractivity contribution in [3.63, 3.8) is 0 Å². The minimum absolute atomic E-state index is 0.0198. The van der Waals surface area contributed by atoms with Crippen molar-refractivity contribution < 1.29 is 9.53 Å². The quantitative estimate of drug-likeness (QED) is 0.441. The van der Waals surface area contributed by atoms with Crippen molar-refractivity contribution in [3.05, 3.63) is 78.9 Å². The molecule has 0 saturated heterocycles. The second kappa shape index (κ2) is 8.19. The Bertz CT molecular complexity index is 1370. The Hall–Kier alpha value is -4.13. The van der Waals surface area contributed by atoms with Gasteiger partial charge < -0.3 is 19.2 Å². The van der Waals surface area contributed by atoms with Crippen LogP contribution in [0, 0.1) is 0 Å². The number of pyridine rings is 2. The molecule has 5 aromatic rings. The summed E-state index contributed by atoms with van der Waals surface area (Å²) < 4.78 is 7.45. The van der Waals surface area contributed by atoms with Crippen LogP contribution in [0.4, 0.5) is 0 Å². The van der Waals surface area contributed by atoms with Crippen LogP contribution in [0.15, 0.2) is 73.3 Å². The lowest BCUT2D eigenvalue weighted by Gasteiger charge is -2.18. The molecule has 0 aliphatic carbocycles. The van der Waals surface area contributed by atoms with E-state index in [0.717, 1.165) is 44.5 Å². The predicted octanol–water partition coefficient (Wildman–Crippen LogP) is 4.25. The Kier molecular flexibility index (Phi) is 5.07. The van der Waals surface area contributed by atoms with Crippen molar-refractivity contribution in [1.82, 2.24) is 24.4 Å². The van der Waals surface area contributed by atoms with Gasteiger partial charge in [0.2, 0.25) is 5.91 Å². The van der Waals surface area contributed by atoms with Crippen LogP contribution in [0.25, 0.3) is 33.2 Å². The lowest BCUT2D eigenvalue weighted by atomic mass is 10.1. The molecule has 7 nitrogen and oxygen atoms in total. The van der Waals surface area contributed by atoms with Crippen LogP contribution in [-0.4, -0.2) is 44.5 Å². The summed E-state index contributed by atoms with van der Waals surface area (Å²) in [4.78, 5) is 26.7. The molecule has 1 N–H and O–H groups in total. The number of methoxy groups -OCH3 is 1. The zero-order valence-electron chi connectivity index (χ0n) is 17.9. The number of nitrogens with zero attached hydrogens (tertiary/aromatic N) is 4. The predicted molar refractivity (Wildman–Crippen MR) is 124 cm³/mol. The maximum absolute atomic E-state index is 13.0. The number of aromatic nitrogens is 4. The van der Waals surface area contributed by atoms with E-state index in [4.69, 9.17) is 4.74 Å². The molecule has 0 radical (unpaired) electrons. The van der Waals surface area contributed by atoms with Gasteiger partial charge in [-0.2, -0.15) is 0 Å². The van der Waals surface area contributed by atoms with Crippen LogP contribution < -0.4 is 4.74 Å². The average Bonchev–Trinajstić information content (AvgIpc) is 3.40. The SMILES string of the molecule is COc1ccc2c(c1)c(-c1cc3cccnc3[nH]1)cn2CC(=O)N(C)Cc1cccnc1. The molecule has 5 rings (SSSR count). The van der Waals surface area contributed by atoms with Crippen molar-refractivity contribution in [2.45, 2.75) is 13.1 Å². The third kappa shape index (κ3) is 3.69. The van der Waals surface area contributed by atoms with Gasteiger partial charge in [-0.15, -0.1) is 0 Å². The number of aromatic amines is 1. The normalized spacial score (nSPS) is 11.2. The van der Waals surface area contributed by atoms with Gasteiger partial charge in [0.1, 0.15) is 17.9 Å². The number of hydrogen-bond acceptors (Lipinski definition) is 4. The number of likely N-dealkylation sites (N-methyl/N-ethyl adjacent to an activating group) is 1. The number of ether oxygens (including phenoxy) is 1. The number of carbonyl (C=O) groups is 1. The van der Waals surface area contributed by atoms with Gasteiger partial charge in [0, 0.05) is 65.9 Å². The molecule has 0 unspecified atom stereocenters. The fourth-order valence-electron chi connectivity index (χ4n) is 3.97. The number of amides is 1. The van der Waals surface area contributed by atoms with Crippen LogP contribution in [0.1, 0.15) is 5.56 Å². The summed E-state index contributed by atoms with van der Waals surface area (Å²) >= 11 is 0. The topological polar surface area (TPSA) is 76.0 Å². The van der Waals surface area contributed by atoms with Crippen molar-refractivity contribution in [1.29, 1.82) is 0 Å². The molecule has 1 aromatic carbocycles. The van der Waals surface area contributed by atoms with Crippen LogP contribution in [0.5, 0.6) is 5.75 Å². The highest BCUT2D eigenvalue weighted by atomic mass is 16.5. The summed E-state index contributed by atoms with van der Waals surface area (Å²) in [7, 11) is 3.47. The summed E-state index contributed by atoms with van der Waals surface area (Å²) in [6.45, 7) is 0.748. The molecule has 0 atom stereocenters. The summed E-state index contributed by atoms with van der Waals surface area (Å²) in [6, 6.07) is 15.8. The summed E-state index contributed by atoms with van der Waals surface area (Å²) in [5.41, 5.74) is 4.75. The van der Waals surface area contributed by atoms with Gasteiger partial charge in [-0.1, -0.05) is 6.07 Å². The highest BCUT2D eigenvalue weighted by molar-refractivity contribution is 5.99. The highest BCUT2D eigenvalue weighted by Crippen LogP contribution is 2.34. The highest BCUT2D eigenvalue weighted by Gasteiger charge is 2.17. The number of hydrogen-bond donors (Lipinski definition) is 1. The summed E-state index contributed by atoms with van der Waals surface area (Å²) in [6.07, 6.45) is 7.30. The first-order valence-electron chi connectivity index (χ1n) is 10.4. The average molecular weight is 425 g/mol. The second-order valence-corrected chi connectivity index (χ2v) is 7.79. The van der Waals surface area contributed by atoms with E-state index in [1.54, 1.807) is 30.6 Å². The van der Waals surface area contributed by atoms with Crippen molar-refractivity contribution in [2.24, 2.45) is 0 Å². The van der Waals surface area contributed by atoms with Gasteiger partial charge in [0.25, 0.3) is 0 Å². The molecule has 4 aromatic heterocycles. The number of fused-ring (bicyclic) bond motifs is 2. The number of rotatable bonds is 6. The molecular formula is C25H23N5O2. The zero-order chi connectivity index (χ0) is 22.1. The third-order valence-electron chi connectivity index (χ3n) is 5.64. The van der Waals surface area contributed by atoms with Gasteiger partial charge in [-0.05, 0) is 48.0 Å². The van der Waals surface area contributed by atoms with Gasteiger partial charge in [0.05, 0.1) is 7.11 Å². The molecule has 0 aliphatic rings. The van der Waals surface area contributed by atoms with E-state index >= 15 is 0 Å². The fraction of sp³-hybridized carbons (Fsp3) is 0.160. The number of carbonyl (C=O) groups excluding carboxylic acids is 1. The number of benzene rings is 1. The van der Waals surface area contributed by atoms with Gasteiger partial charge >= 0.3 is 0 Å². The Balaban J connectivity index is 1.51. The van der Waals surface area contributed by atoms with Crippen LogP contribution in [0.3, 0.4) is 0 Å². The minimum atomic E-state index is 0.0198. The Morgan fingerprint density at radius 1 is 1.16 bits per heavy atom. The van der Waals surface area contributed by atoms with E-state index in [0.29, 0.717) is 6.54 Å². The molecule has 7 heteroatoms. The first kappa shape index (κ1) is 19.8. The molecule has 0 bridgehead atoms. The van der Waals surface area contributed by atoms with Crippen LogP contribution >= 0.6 is 0 Å². The first-order chi connectivity index (χ1) is 15.6. The lowest BCUT2D eigenvalue weighted by Crippen LogP contribution is -2.29. The number of nitrogens with one attached hydrogen (secondary N) is 1. The molecule has 4 heterocycles. The monoisotopic (exact) mass is 425 g/mol. The maximum atomic E-state index is 13.0. The largest absolute Gasteiger partial charge is 0.497 e. The zero-order valence-corrected chi connectivity index (χ0v) is 17.9. The fourth-order valence-corrected chi connectivity index (χ4v) is 3.97. The third-order valence-corrected chi connectivity index (χ3v) is 5.64. The van der Waals surface area contributed by atoms with Crippen LogP contribution in [-0.2, 0) is 17.9 Å². The molecule has 32 heavy (non-hydrogen) atoms. The van der Waals surface area contributed by atoms with E-state index in [-0.39, 0.29) is 12.5 Å². The van der Waals surface area contributed by atoms with Crippen LogP contribution in [0.2, 0.25) is 0 Å². The molecule has 160 valence electrons. The van der Waals surface area contributed by atoms with E-state index in [1.165, 1.54) is 0 Å². The second-order valence-electron chi connectivity index (χ2n) is 7.79. The minimum Gasteiger partial charge on any atom is -0.497 e. The maximum Gasteiger partial charge on any atom is 0.242 e. The molecule has 1 amide bonds. The van der Waals surface area contributed by atoms with Gasteiger partial charge in [-0.25, -0.2) is 4.98 Å². The first-order valence-corrected chi connectivity index (χ1v) is 10.4. The Morgan fingerprint density at radius 2 is 2.03 bits per heavy atom. The lowest BCUT2D eigenvalue weighted by molar-refractivity contribution is -0.131. The van der Waals surface area contributed by atoms with Gasteiger partial charge in [0.15, 0.2) is 0 Å². The standard InChI is InChI=1S/C25H23N5O2/c1-29(14-17-5-3-9-26-13-17)24(31)16-30-15-21(20-12-19(32-2)7-8-23(20)30)22-11-18-6-4-10-27-25(18)28-22/h3-13,15H,14,16H2,1-2H3,(H,27,28). The van der Waals surface area contributed by atoms with Crippen molar-refractivity contribution in [2.75, 3.05) is 14.2 Å². The van der Waals surface area contributed by atoms with Crippen molar-refractivity contribution in [3.8, 4) is 17.0 Å². The molecule has 0 spiro atoms. The van der Waals surface area contributed by atoms with E-state index in [2.05, 4.69) is 21.0 Å². The Morgan fingerprint density at radius 3 is 2.81 bits per heavy atom. The van der Waals surface area contributed by atoms with Gasteiger partial charge in [-0.3, -0.25) is 9.78 Å². The van der Waals surface area contributed by atoms with E-state index in [1.807, 2.05) is 60.3 Å². The molecule has 0 saturated carbocycles. The van der Waals surface area contributed by atoms with Crippen molar-refractivity contribution >= 4 is 27.8 Å².